The van der Waals surface area contributed by atoms with Gasteiger partial charge in [0, 0.05) is 4.47 Å². The van der Waals surface area contributed by atoms with Gasteiger partial charge in [0.05, 0.1) is 23.9 Å². The molecule has 172 valence electrons. The van der Waals surface area contributed by atoms with E-state index in [0.29, 0.717) is 11.3 Å². The molecule has 0 saturated heterocycles. The lowest BCUT2D eigenvalue weighted by Crippen LogP contribution is -2.39. The first kappa shape index (κ1) is 24.3. The van der Waals surface area contributed by atoms with Crippen molar-refractivity contribution in [2.75, 3.05) is 18.0 Å². The van der Waals surface area contributed by atoms with Gasteiger partial charge in [0.25, 0.3) is 15.9 Å². The smallest absolute Gasteiger partial charge is 0.264 e. The highest BCUT2D eigenvalue weighted by molar-refractivity contribution is 9.10. The van der Waals surface area contributed by atoms with E-state index < -0.39 is 22.5 Å². The predicted molar refractivity (Wildman–Crippen MR) is 130 cm³/mol. The molecule has 0 heterocycles. The third-order valence-corrected chi connectivity index (χ3v) is 6.93. The van der Waals surface area contributed by atoms with Crippen LogP contribution in [0.2, 0.25) is 0 Å². The number of phenols is 1. The van der Waals surface area contributed by atoms with E-state index in [2.05, 4.69) is 26.5 Å². The third kappa shape index (κ3) is 6.11. The Bertz CT molecular complexity index is 1260. The fourth-order valence-electron chi connectivity index (χ4n) is 2.88. The fraction of sp³-hybridized carbons (Fsp3) is 0.130. The average molecular weight is 532 g/mol. The van der Waals surface area contributed by atoms with Gasteiger partial charge >= 0.3 is 0 Å². The summed E-state index contributed by atoms with van der Waals surface area (Å²) in [6, 6.07) is 17.6. The largest absolute Gasteiger partial charge is 0.504 e. The van der Waals surface area contributed by atoms with E-state index >= 15 is 0 Å². The Morgan fingerprint density at radius 3 is 2.42 bits per heavy atom. The summed E-state index contributed by atoms with van der Waals surface area (Å²) in [6.45, 7) is 1.38. The molecule has 10 heteroatoms. The number of hydrogen-bond acceptors (Lipinski definition) is 6. The van der Waals surface area contributed by atoms with Crippen LogP contribution in [0.3, 0.4) is 0 Å². The topological polar surface area (TPSA) is 108 Å². The molecule has 0 aliphatic carbocycles. The van der Waals surface area contributed by atoms with Gasteiger partial charge in [-0.1, -0.05) is 33.6 Å². The molecule has 8 nitrogen and oxygen atoms in total. The summed E-state index contributed by atoms with van der Waals surface area (Å²) in [5, 5.41) is 13.5. The van der Waals surface area contributed by atoms with Crippen LogP contribution in [0.15, 0.2) is 81.2 Å². The van der Waals surface area contributed by atoms with Gasteiger partial charge in [0.15, 0.2) is 11.5 Å². The summed E-state index contributed by atoms with van der Waals surface area (Å²) in [6.07, 6.45) is 1.36. The van der Waals surface area contributed by atoms with Gasteiger partial charge in [-0.3, -0.25) is 9.10 Å². The van der Waals surface area contributed by atoms with Crippen molar-refractivity contribution in [3.63, 3.8) is 0 Å². The number of rotatable bonds is 8. The number of amides is 1. The van der Waals surface area contributed by atoms with Crippen LogP contribution in [0.4, 0.5) is 5.69 Å². The van der Waals surface area contributed by atoms with Crippen LogP contribution in [0.25, 0.3) is 0 Å². The number of carbonyl (C=O) groups excluding carboxylic acids is 1. The summed E-state index contributed by atoms with van der Waals surface area (Å²) in [5.74, 6) is -0.392. The zero-order valence-electron chi connectivity index (χ0n) is 17.9. The van der Waals surface area contributed by atoms with Gasteiger partial charge < -0.3 is 9.84 Å². The predicted octanol–water partition coefficient (Wildman–Crippen LogP) is 3.82. The molecule has 3 aromatic carbocycles. The van der Waals surface area contributed by atoms with Crippen molar-refractivity contribution in [2.24, 2.45) is 5.10 Å². The molecule has 33 heavy (non-hydrogen) atoms. The van der Waals surface area contributed by atoms with E-state index in [-0.39, 0.29) is 16.4 Å². The normalized spacial score (nSPS) is 11.4. The highest BCUT2D eigenvalue weighted by Gasteiger charge is 2.27. The first-order valence-corrected chi connectivity index (χ1v) is 12.0. The number of benzene rings is 3. The second-order valence-electron chi connectivity index (χ2n) is 7.03. The minimum atomic E-state index is -4.01. The molecule has 0 unspecified atom stereocenters. The van der Waals surface area contributed by atoms with E-state index in [0.717, 1.165) is 14.3 Å². The van der Waals surface area contributed by atoms with Gasteiger partial charge in [-0.25, -0.2) is 13.8 Å². The highest BCUT2D eigenvalue weighted by atomic mass is 79.9. The number of aromatic hydroxyl groups is 1. The minimum absolute atomic E-state index is 0.0230. The quantitative estimate of drug-likeness (QED) is 0.339. The molecule has 0 atom stereocenters. The van der Waals surface area contributed by atoms with Crippen molar-refractivity contribution in [3.8, 4) is 11.5 Å². The zero-order valence-corrected chi connectivity index (χ0v) is 20.3. The zero-order chi connectivity index (χ0) is 24.0. The Morgan fingerprint density at radius 1 is 1.12 bits per heavy atom. The molecule has 2 N–H and O–H groups in total. The Morgan fingerprint density at radius 2 is 1.79 bits per heavy atom. The number of halogens is 1. The maximum atomic E-state index is 13.3. The van der Waals surface area contributed by atoms with Crippen LogP contribution in [-0.2, 0) is 14.8 Å². The van der Waals surface area contributed by atoms with Gasteiger partial charge in [0.2, 0.25) is 0 Å². The Hall–Kier alpha value is -3.37. The molecular weight excluding hydrogens is 510 g/mol. The molecular formula is C23H22BrN3O5S. The van der Waals surface area contributed by atoms with Crippen molar-refractivity contribution in [1.82, 2.24) is 5.43 Å². The van der Waals surface area contributed by atoms with E-state index in [1.807, 2.05) is 6.92 Å². The van der Waals surface area contributed by atoms with Gasteiger partial charge in [0.1, 0.15) is 6.54 Å². The number of ether oxygens (including phenoxy) is 1. The Kier molecular flexibility index (Phi) is 7.72. The number of sulfonamides is 1. The molecule has 0 spiro atoms. The number of nitrogens with zero attached hydrogens (tertiary/aromatic N) is 2. The molecule has 0 fully saturated rings. The van der Waals surface area contributed by atoms with E-state index in [1.165, 1.54) is 31.5 Å². The minimum Gasteiger partial charge on any atom is -0.504 e. The van der Waals surface area contributed by atoms with Crippen LogP contribution in [0.1, 0.15) is 11.1 Å². The molecule has 0 aliphatic heterocycles. The summed E-state index contributed by atoms with van der Waals surface area (Å²) in [5.41, 5.74) is 4.16. The van der Waals surface area contributed by atoms with Crippen molar-refractivity contribution in [2.45, 2.75) is 11.8 Å². The number of phenolic OH excluding ortho intramolecular Hbond substituents is 1. The van der Waals surface area contributed by atoms with E-state index in [4.69, 9.17) is 4.74 Å². The highest BCUT2D eigenvalue weighted by Crippen LogP contribution is 2.26. The van der Waals surface area contributed by atoms with Crippen molar-refractivity contribution in [3.05, 3.63) is 82.3 Å². The number of carbonyl (C=O) groups is 1. The van der Waals surface area contributed by atoms with Crippen LogP contribution in [0.5, 0.6) is 11.5 Å². The standard InChI is InChI=1S/C23H22BrN3O5S/c1-16-3-10-20(11-4-16)33(30,31)27(19-8-6-18(24)7-9-19)15-23(29)26-25-14-17-5-12-21(28)22(13-17)32-2/h3-14,28H,15H2,1-2H3,(H,26,29)/b25-14-. The first-order chi connectivity index (χ1) is 15.7. The number of hydrogen-bond donors (Lipinski definition) is 2. The molecule has 0 aromatic heterocycles. The number of hydrazone groups is 1. The summed E-state index contributed by atoms with van der Waals surface area (Å²) in [7, 11) is -2.59. The van der Waals surface area contributed by atoms with Gasteiger partial charge in [-0.15, -0.1) is 0 Å². The van der Waals surface area contributed by atoms with Crippen LogP contribution in [0, 0.1) is 6.92 Å². The lowest BCUT2D eigenvalue weighted by Gasteiger charge is -2.23. The number of methoxy groups -OCH3 is 1. The molecule has 1 amide bonds. The second kappa shape index (κ2) is 10.5. The van der Waals surface area contributed by atoms with Crippen LogP contribution in [-0.4, -0.2) is 39.3 Å². The molecule has 0 bridgehead atoms. The van der Waals surface area contributed by atoms with Crippen molar-refractivity contribution < 1.29 is 23.1 Å². The van der Waals surface area contributed by atoms with Crippen LogP contribution >= 0.6 is 15.9 Å². The average Bonchev–Trinajstić information content (AvgIpc) is 2.79. The summed E-state index contributed by atoms with van der Waals surface area (Å²) >= 11 is 3.33. The summed E-state index contributed by atoms with van der Waals surface area (Å²) < 4.78 is 33.5. The molecule has 3 rings (SSSR count). The first-order valence-electron chi connectivity index (χ1n) is 9.74. The maximum Gasteiger partial charge on any atom is 0.264 e. The van der Waals surface area contributed by atoms with Crippen molar-refractivity contribution >= 4 is 43.8 Å². The SMILES string of the molecule is COc1cc(/C=N\NC(=O)CN(c2ccc(Br)cc2)S(=O)(=O)c2ccc(C)cc2)ccc1O. The second-order valence-corrected chi connectivity index (χ2v) is 9.80. The van der Waals surface area contributed by atoms with Crippen LogP contribution < -0.4 is 14.5 Å². The monoisotopic (exact) mass is 531 g/mol. The number of aryl methyl sites for hydroxylation is 1. The van der Waals surface area contributed by atoms with E-state index in [1.54, 1.807) is 48.5 Å². The summed E-state index contributed by atoms with van der Waals surface area (Å²) in [4.78, 5) is 12.7. The Balaban J connectivity index is 1.82. The Labute approximate surface area is 200 Å². The van der Waals surface area contributed by atoms with E-state index in [9.17, 15) is 18.3 Å². The third-order valence-electron chi connectivity index (χ3n) is 4.62. The van der Waals surface area contributed by atoms with Crippen molar-refractivity contribution in [1.29, 1.82) is 0 Å². The lowest BCUT2D eigenvalue weighted by atomic mass is 10.2. The molecule has 0 radical (unpaired) electrons. The van der Waals surface area contributed by atoms with Gasteiger partial charge in [-0.2, -0.15) is 5.10 Å². The molecule has 3 aromatic rings. The lowest BCUT2D eigenvalue weighted by molar-refractivity contribution is -0.119. The fourth-order valence-corrected chi connectivity index (χ4v) is 4.56. The number of nitrogens with one attached hydrogen (secondary N) is 1. The van der Waals surface area contributed by atoms with Gasteiger partial charge in [-0.05, 0) is 67.1 Å². The molecule has 0 saturated carbocycles. The molecule has 0 aliphatic rings. The number of anilines is 1. The maximum absolute atomic E-state index is 13.3.